The highest BCUT2D eigenvalue weighted by atomic mass is 35.5. The molecular weight excluding hydrogens is 290 g/mol. The van der Waals surface area contributed by atoms with E-state index in [4.69, 9.17) is 16.3 Å². The van der Waals surface area contributed by atoms with Crippen LogP contribution in [-0.4, -0.2) is 17.5 Å². The predicted molar refractivity (Wildman–Crippen MR) is 81.5 cm³/mol. The molecule has 0 bridgehead atoms. The van der Waals surface area contributed by atoms with Gasteiger partial charge in [0, 0.05) is 23.0 Å². The van der Waals surface area contributed by atoms with Crippen LogP contribution in [0, 0.1) is 0 Å². The molecule has 0 aliphatic rings. The lowest BCUT2D eigenvalue weighted by atomic mass is 10.2. The number of rotatable bonds is 6. The van der Waals surface area contributed by atoms with Crippen molar-refractivity contribution in [3.05, 3.63) is 66.0 Å². The van der Waals surface area contributed by atoms with Crippen molar-refractivity contribution in [2.75, 3.05) is 6.61 Å². The highest BCUT2D eigenvalue weighted by molar-refractivity contribution is 6.30. The van der Waals surface area contributed by atoms with Gasteiger partial charge < -0.3 is 4.74 Å². The van der Waals surface area contributed by atoms with Crippen LogP contribution in [0.25, 0.3) is 5.70 Å². The van der Waals surface area contributed by atoms with Gasteiger partial charge in [-0.05, 0) is 36.4 Å². The molecule has 2 N–H and O–H groups in total. The number of carbonyl (C=O) groups excluding carboxylic acids is 1. The van der Waals surface area contributed by atoms with Gasteiger partial charge in [0.15, 0.2) is 6.61 Å². The number of benzene rings is 1. The molecule has 0 radical (unpaired) electrons. The molecule has 1 aromatic heterocycles. The van der Waals surface area contributed by atoms with Crippen LogP contribution in [0.4, 0.5) is 0 Å². The molecule has 0 spiro atoms. The minimum absolute atomic E-state index is 0.116. The molecule has 0 aliphatic carbocycles. The standard InChI is InChI=1S/C15H14ClN3O2/c1-11(12-3-2-8-17-9-12)18-19-15(20)10-21-14-6-4-13(16)5-7-14/h2-9,18H,1,10H2,(H,19,20). The molecule has 5 nitrogen and oxygen atoms in total. The Morgan fingerprint density at radius 1 is 1.24 bits per heavy atom. The van der Waals surface area contributed by atoms with E-state index in [0.717, 1.165) is 5.56 Å². The maximum atomic E-state index is 11.6. The number of hydrogen-bond acceptors (Lipinski definition) is 4. The molecule has 0 saturated heterocycles. The van der Waals surface area contributed by atoms with Gasteiger partial charge in [0.05, 0.1) is 5.70 Å². The quantitative estimate of drug-likeness (QED) is 0.804. The third kappa shape index (κ3) is 4.81. The number of halogens is 1. The molecule has 0 fully saturated rings. The van der Waals surface area contributed by atoms with E-state index in [1.807, 2.05) is 6.07 Å². The summed E-state index contributed by atoms with van der Waals surface area (Å²) in [6.45, 7) is 3.69. The van der Waals surface area contributed by atoms with Crippen molar-refractivity contribution in [1.29, 1.82) is 0 Å². The lowest BCUT2D eigenvalue weighted by Crippen LogP contribution is -2.38. The van der Waals surface area contributed by atoms with Crippen LogP contribution in [0.2, 0.25) is 5.02 Å². The van der Waals surface area contributed by atoms with E-state index in [9.17, 15) is 4.79 Å². The zero-order chi connectivity index (χ0) is 15.1. The van der Waals surface area contributed by atoms with Gasteiger partial charge in [-0.15, -0.1) is 0 Å². The lowest BCUT2D eigenvalue weighted by Gasteiger charge is -2.11. The van der Waals surface area contributed by atoms with E-state index in [2.05, 4.69) is 22.4 Å². The Kier molecular flexibility index (Phi) is 5.17. The normalized spacial score (nSPS) is 9.76. The summed E-state index contributed by atoms with van der Waals surface area (Å²) in [6.07, 6.45) is 3.31. The summed E-state index contributed by atoms with van der Waals surface area (Å²) in [7, 11) is 0. The van der Waals surface area contributed by atoms with Crippen molar-refractivity contribution in [2.24, 2.45) is 0 Å². The maximum absolute atomic E-state index is 11.6. The number of hydrazine groups is 1. The Balaban J connectivity index is 1.75. The molecule has 108 valence electrons. The smallest absolute Gasteiger partial charge is 0.276 e. The van der Waals surface area contributed by atoms with Crippen molar-refractivity contribution in [3.63, 3.8) is 0 Å². The van der Waals surface area contributed by atoms with E-state index in [-0.39, 0.29) is 12.5 Å². The molecule has 1 heterocycles. The number of nitrogens with one attached hydrogen (secondary N) is 2. The minimum atomic E-state index is -0.324. The summed E-state index contributed by atoms with van der Waals surface area (Å²) < 4.78 is 5.31. The second kappa shape index (κ2) is 7.31. The van der Waals surface area contributed by atoms with E-state index in [1.165, 1.54) is 0 Å². The Labute approximate surface area is 127 Å². The van der Waals surface area contributed by atoms with Gasteiger partial charge in [0.2, 0.25) is 0 Å². The second-order valence-corrected chi connectivity index (χ2v) is 4.57. The van der Waals surface area contributed by atoms with Gasteiger partial charge in [-0.3, -0.25) is 20.6 Å². The molecule has 1 aromatic carbocycles. The summed E-state index contributed by atoms with van der Waals surface area (Å²) in [5.41, 5.74) is 6.54. The number of nitrogens with zero attached hydrogens (tertiary/aromatic N) is 1. The SMILES string of the molecule is C=C(NNC(=O)COc1ccc(Cl)cc1)c1cccnc1. The fourth-order valence-electron chi connectivity index (χ4n) is 1.47. The molecule has 0 atom stereocenters. The Hall–Kier alpha value is -2.53. The summed E-state index contributed by atoms with van der Waals surface area (Å²) >= 11 is 5.76. The first-order valence-electron chi connectivity index (χ1n) is 6.17. The second-order valence-electron chi connectivity index (χ2n) is 4.14. The average Bonchev–Trinajstić information content (AvgIpc) is 2.53. The number of ether oxygens (including phenoxy) is 1. The largest absolute Gasteiger partial charge is 0.484 e. The van der Waals surface area contributed by atoms with Crippen molar-refractivity contribution in [2.45, 2.75) is 0 Å². The fourth-order valence-corrected chi connectivity index (χ4v) is 1.60. The van der Waals surface area contributed by atoms with Gasteiger partial charge in [-0.25, -0.2) is 0 Å². The van der Waals surface area contributed by atoms with Crippen LogP contribution in [0.1, 0.15) is 5.56 Å². The third-order valence-electron chi connectivity index (χ3n) is 2.55. The van der Waals surface area contributed by atoms with Gasteiger partial charge >= 0.3 is 0 Å². The van der Waals surface area contributed by atoms with Crippen molar-refractivity contribution < 1.29 is 9.53 Å². The van der Waals surface area contributed by atoms with Crippen LogP contribution >= 0.6 is 11.6 Å². The lowest BCUT2D eigenvalue weighted by molar-refractivity contribution is -0.123. The highest BCUT2D eigenvalue weighted by Gasteiger charge is 2.04. The van der Waals surface area contributed by atoms with Gasteiger partial charge in [-0.2, -0.15) is 0 Å². The molecule has 1 amide bonds. The van der Waals surface area contributed by atoms with E-state index < -0.39 is 0 Å². The predicted octanol–water partition coefficient (Wildman–Crippen LogP) is 2.41. The fraction of sp³-hybridized carbons (Fsp3) is 0.0667. The summed E-state index contributed by atoms with van der Waals surface area (Å²) in [5, 5.41) is 0.612. The molecule has 2 rings (SSSR count). The minimum Gasteiger partial charge on any atom is -0.484 e. The first-order valence-corrected chi connectivity index (χ1v) is 6.55. The Bertz CT molecular complexity index is 615. The van der Waals surface area contributed by atoms with E-state index in [0.29, 0.717) is 16.5 Å². The van der Waals surface area contributed by atoms with Crippen LogP contribution in [0.15, 0.2) is 55.4 Å². The third-order valence-corrected chi connectivity index (χ3v) is 2.80. The Morgan fingerprint density at radius 3 is 2.67 bits per heavy atom. The first kappa shape index (κ1) is 14.9. The molecule has 6 heteroatoms. The first-order chi connectivity index (χ1) is 10.1. The molecular formula is C15H14ClN3O2. The van der Waals surface area contributed by atoms with Crippen LogP contribution in [-0.2, 0) is 4.79 Å². The van der Waals surface area contributed by atoms with E-state index in [1.54, 1.807) is 42.7 Å². The monoisotopic (exact) mass is 303 g/mol. The molecule has 0 aliphatic heterocycles. The topological polar surface area (TPSA) is 63.2 Å². The molecule has 0 unspecified atom stereocenters. The Morgan fingerprint density at radius 2 is 2.00 bits per heavy atom. The van der Waals surface area contributed by atoms with Gasteiger partial charge in [0.25, 0.3) is 5.91 Å². The summed E-state index contributed by atoms with van der Waals surface area (Å²) in [5.74, 6) is 0.246. The number of amides is 1. The van der Waals surface area contributed by atoms with Crippen LogP contribution in [0.3, 0.4) is 0 Å². The van der Waals surface area contributed by atoms with E-state index >= 15 is 0 Å². The zero-order valence-corrected chi connectivity index (χ0v) is 11.9. The van der Waals surface area contributed by atoms with Crippen LogP contribution < -0.4 is 15.6 Å². The number of aromatic nitrogens is 1. The van der Waals surface area contributed by atoms with Gasteiger partial charge in [-0.1, -0.05) is 18.2 Å². The number of carbonyl (C=O) groups is 1. The zero-order valence-electron chi connectivity index (χ0n) is 11.2. The van der Waals surface area contributed by atoms with Crippen molar-refractivity contribution in [1.82, 2.24) is 15.8 Å². The average molecular weight is 304 g/mol. The van der Waals surface area contributed by atoms with Gasteiger partial charge in [0.1, 0.15) is 5.75 Å². The van der Waals surface area contributed by atoms with Crippen molar-refractivity contribution in [3.8, 4) is 5.75 Å². The number of hydrogen-bond donors (Lipinski definition) is 2. The molecule has 21 heavy (non-hydrogen) atoms. The number of pyridine rings is 1. The molecule has 0 saturated carbocycles. The molecule has 2 aromatic rings. The summed E-state index contributed by atoms with van der Waals surface area (Å²) in [4.78, 5) is 15.6. The van der Waals surface area contributed by atoms with Crippen molar-refractivity contribution >= 4 is 23.2 Å². The maximum Gasteiger partial charge on any atom is 0.276 e. The highest BCUT2D eigenvalue weighted by Crippen LogP contribution is 2.15. The van der Waals surface area contributed by atoms with Crippen LogP contribution in [0.5, 0.6) is 5.75 Å². The summed E-state index contributed by atoms with van der Waals surface area (Å²) in [6, 6.07) is 10.4.